The maximum Gasteiger partial charge on any atom is 0.368 e. The normalized spacial score (nSPS) is 12.4. The molecule has 0 unspecified atom stereocenters. The van der Waals surface area contributed by atoms with Gasteiger partial charge in [-0.3, -0.25) is 9.13 Å². The van der Waals surface area contributed by atoms with Gasteiger partial charge in [0.2, 0.25) is 0 Å². The summed E-state index contributed by atoms with van der Waals surface area (Å²) in [6, 6.07) is 0. The first-order valence-corrected chi connectivity index (χ1v) is 14.0. The summed E-state index contributed by atoms with van der Waals surface area (Å²) >= 11 is 0. The van der Waals surface area contributed by atoms with Crippen LogP contribution in [-0.4, -0.2) is 26.4 Å². The summed E-state index contributed by atoms with van der Waals surface area (Å²) in [4.78, 5) is 0. The SMILES string of the molecule is C=C(P(=O)(OCC)OCC)P(=O)(OCCCCCCC)OCCCCCCC. The lowest BCUT2D eigenvalue weighted by atomic mass is 10.2. The van der Waals surface area contributed by atoms with Crippen LogP contribution >= 0.6 is 15.2 Å². The van der Waals surface area contributed by atoms with Gasteiger partial charge in [0.1, 0.15) is 5.06 Å². The second-order valence-electron chi connectivity index (χ2n) is 6.74. The summed E-state index contributed by atoms with van der Waals surface area (Å²) in [6.07, 6.45) is 10.4. The van der Waals surface area contributed by atoms with Gasteiger partial charge in [0.05, 0.1) is 26.4 Å². The summed E-state index contributed by atoms with van der Waals surface area (Å²) in [5.41, 5.74) is 0. The van der Waals surface area contributed by atoms with Gasteiger partial charge in [0.15, 0.2) is 0 Å². The molecule has 0 aromatic rings. The molecule has 0 aliphatic carbocycles. The Morgan fingerprint density at radius 2 is 0.964 bits per heavy atom. The van der Waals surface area contributed by atoms with Crippen LogP contribution < -0.4 is 0 Å². The summed E-state index contributed by atoms with van der Waals surface area (Å²) in [7, 11) is -7.58. The second-order valence-corrected chi connectivity index (χ2v) is 11.2. The van der Waals surface area contributed by atoms with E-state index in [1.165, 1.54) is 12.8 Å². The van der Waals surface area contributed by atoms with E-state index in [4.69, 9.17) is 18.1 Å². The fourth-order valence-corrected chi connectivity index (χ4v) is 6.70. The molecule has 6 nitrogen and oxygen atoms in total. The van der Waals surface area contributed by atoms with Crippen LogP contribution in [-0.2, 0) is 27.2 Å². The number of hydrogen-bond donors (Lipinski definition) is 0. The smallest absolute Gasteiger partial charge is 0.305 e. The van der Waals surface area contributed by atoms with E-state index in [9.17, 15) is 9.13 Å². The quantitative estimate of drug-likeness (QED) is 0.142. The summed E-state index contributed by atoms with van der Waals surface area (Å²) in [5.74, 6) is 0. The Labute approximate surface area is 172 Å². The predicted octanol–water partition coefficient (Wildman–Crippen LogP) is 7.89. The van der Waals surface area contributed by atoms with Crippen LogP contribution in [0.3, 0.4) is 0 Å². The van der Waals surface area contributed by atoms with E-state index < -0.39 is 15.2 Å². The molecule has 168 valence electrons. The highest BCUT2D eigenvalue weighted by molar-refractivity contribution is 7.78. The molecule has 0 aromatic heterocycles. The van der Waals surface area contributed by atoms with E-state index in [1.807, 2.05) is 0 Å². The molecule has 0 saturated heterocycles. The van der Waals surface area contributed by atoms with Crippen LogP contribution in [0.5, 0.6) is 0 Å². The van der Waals surface area contributed by atoms with E-state index in [1.54, 1.807) is 13.8 Å². The maximum atomic E-state index is 13.4. The molecule has 0 N–H and O–H groups in total. The van der Waals surface area contributed by atoms with Crippen LogP contribution in [0.2, 0.25) is 0 Å². The van der Waals surface area contributed by atoms with Crippen molar-refractivity contribution in [3.63, 3.8) is 0 Å². The molecule has 0 amide bonds. The summed E-state index contributed by atoms with van der Waals surface area (Å²) < 4.78 is 48.3. The van der Waals surface area contributed by atoms with Crippen LogP contribution in [0.25, 0.3) is 0 Å². The van der Waals surface area contributed by atoms with Gasteiger partial charge in [-0.1, -0.05) is 71.8 Å². The maximum absolute atomic E-state index is 13.4. The molecule has 0 aliphatic heterocycles. The molecular weight excluding hydrogens is 398 g/mol. The van der Waals surface area contributed by atoms with Crippen LogP contribution in [0.4, 0.5) is 0 Å². The Hall–Kier alpha value is 0.0400. The molecule has 0 atom stereocenters. The van der Waals surface area contributed by atoms with Crippen LogP contribution in [0.15, 0.2) is 11.6 Å². The van der Waals surface area contributed by atoms with E-state index in [-0.39, 0.29) is 31.5 Å². The molecule has 8 heteroatoms. The monoisotopic (exact) mass is 440 g/mol. The van der Waals surface area contributed by atoms with E-state index in [0.29, 0.717) is 0 Å². The first-order chi connectivity index (χ1) is 13.4. The fraction of sp³-hybridized carbons (Fsp3) is 0.900. The lowest BCUT2D eigenvalue weighted by Crippen LogP contribution is -2.05. The average molecular weight is 440 g/mol. The van der Waals surface area contributed by atoms with Gasteiger partial charge < -0.3 is 18.1 Å². The number of hydrogen-bond acceptors (Lipinski definition) is 6. The molecule has 0 heterocycles. The van der Waals surface area contributed by atoms with Crippen LogP contribution in [0.1, 0.15) is 91.9 Å². The average Bonchev–Trinajstić information content (AvgIpc) is 2.67. The molecule has 0 radical (unpaired) electrons. The molecular formula is C20H42O6P2. The lowest BCUT2D eigenvalue weighted by molar-refractivity contribution is 0.198. The highest BCUT2D eigenvalue weighted by Gasteiger charge is 2.43. The third-order valence-corrected chi connectivity index (χ3v) is 9.22. The van der Waals surface area contributed by atoms with E-state index in [0.717, 1.165) is 51.4 Å². The third kappa shape index (κ3) is 11.3. The van der Waals surface area contributed by atoms with Crippen LogP contribution in [0, 0.1) is 0 Å². The van der Waals surface area contributed by atoms with Crippen molar-refractivity contribution in [2.45, 2.75) is 91.9 Å². The molecule has 0 aliphatic rings. The molecule has 0 spiro atoms. The third-order valence-electron chi connectivity index (χ3n) is 4.25. The topological polar surface area (TPSA) is 71.1 Å². The Morgan fingerprint density at radius 3 is 1.32 bits per heavy atom. The highest BCUT2D eigenvalue weighted by atomic mass is 31.2. The standard InChI is InChI=1S/C20H42O6P2/c1-6-10-12-14-16-18-25-28(22,26-19-17-15-13-11-7-2)20(5)27(21,23-8-3)24-9-4/h5-19H2,1-4H3. The van der Waals surface area contributed by atoms with Gasteiger partial charge >= 0.3 is 15.2 Å². The summed E-state index contributed by atoms with van der Waals surface area (Å²) in [5, 5.41) is -0.189. The Morgan fingerprint density at radius 1 is 0.607 bits per heavy atom. The van der Waals surface area contributed by atoms with E-state index >= 15 is 0 Å². The fourth-order valence-electron chi connectivity index (χ4n) is 2.64. The minimum Gasteiger partial charge on any atom is -0.305 e. The van der Waals surface area contributed by atoms with Crippen molar-refractivity contribution in [1.29, 1.82) is 0 Å². The zero-order valence-electron chi connectivity index (χ0n) is 18.5. The lowest BCUT2D eigenvalue weighted by Gasteiger charge is -2.25. The highest BCUT2D eigenvalue weighted by Crippen LogP contribution is 2.73. The predicted molar refractivity (Wildman–Crippen MR) is 117 cm³/mol. The van der Waals surface area contributed by atoms with Crippen molar-refractivity contribution in [1.82, 2.24) is 0 Å². The van der Waals surface area contributed by atoms with Crippen molar-refractivity contribution in [3.8, 4) is 0 Å². The van der Waals surface area contributed by atoms with Crippen molar-refractivity contribution in [3.05, 3.63) is 11.6 Å². The number of rotatable bonds is 20. The zero-order chi connectivity index (χ0) is 21.3. The molecule has 0 bridgehead atoms. The Balaban J connectivity index is 4.95. The van der Waals surface area contributed by atoms with Crippen molar-refractivity contribution in [2.75, 3.05) is 26.4 Å². The first-order valence-electron chi connectivity index (χ1n) is 10.9. The Bertz CT molecular complexity index is 465. The first kappa shape index (κ1) is 28.0. The van der Waals surface area contributed by atoms with Gasteiger partial charge in [-0.2, -0.15) is 0 Å². The van der Waals surface area contributed by atoms with Gasteiger partial charge in [-0.05, 0) is 26.7 Å². The molecule has 0 fully saturated rings. The Kier molecular flexibility index (Phi) is 16.8. The van der Waals surface area contributed by atoms with Gasteiger partial charge in [0.25, 0.3) is 0 Å². The number of unbranched alkanes of at least 4 members (excludes halogenated alkanes) is 8. The minimum atomic E-state index is -3.81. The van der Waals surface area contributed by atoms with Gasteiger partial charge in [-0.15, -0.1) is 0 Å². The second kappa shape index (κ2) is 16.8. The van der Waals surface area contributed by atoms with Gasteiger partial charge in [0, 0.05) is 0 Å². The van der Waals surface area contributed by atoms with E-state index in [2.05, 4.69) is 20.4 Å². The molecule has 0 aromatic carbocycles. The largest absolute Gasteiger partial charge is 0.368 e. The van der Waals surface area contributed by atoms with Crippen molar-refractivity contribution >= 4 is 15.2 Å². The van der Waals surface area contributed by atoms with Gasteiger partial charge in [-0.25, -0.2) is 0 Å². The summed E-state index contributed by atoms with van der Waals surface area (Å²) in [6.45, 7) is 12.3. The van der Waals surface area contributed by atoms with Crippen molar-refractivity contribution in [2.24, 2.45) is 0 Å². The molecule has 0 rings (SSSR count). The molecule has 28 heavy (non-hydrogen) atoms. The zero-order valence-corrected chi connectivity index (χ0v) is 20.2. The molecule has 0 saturated carbocycles. The minimum absolute atomic E-state index is 0.157. The van der Waals surface area contributed by atoms with Crippen molar-refractivity contribution < 1.29 is 27.2 Å².